The quantitative estimate of drug-likeness (QED) is 0.395. The minimum Gasteiger partial charge on any atom is -0.493 e. The van der Waals surface area contributed by atoms with Crippen LogP contribution in [0.3, 0.4) is 0 Å². The summed E-state index contributed by atoms with van der Waals surface area (Å²) in [5.41, 5.74) is 1.92. The normalized spacial score (nSPS) is 10.5. The number of nitrogens with one attached hydrogen (secondary N) is 1. The molecule has 0 aliphatic carbocycles. The standard InChI is InChI=1S/C22H24N4O5/c1-16-24-21(26(28)29)14-25(16)11-10-22(27)23-13-18-8-9-19(20(12-18)30-2)31-15-17-6-4-3-5-7-17/h3-9,12,14H,10-11,13,15H2,1-2H3,(H,23,27). The Morgan fingerprint density at radius 2 is 1.94 bits per heavy atom. The van der Waals surface area contributed by atoms with Crippen LogP contribution in [0.2, 0.25) is 0 Å². The second-order valence-electron chi connectivity index (χ2n) is 6.88. The van der Waals surface area contributed by atoms with Crippen LogP contribution in [-0.4, -0.2) is 27.5 Å². The molecule has 0 radical (unpaired) electrons. The van der Waals surface area contributed by atoms with Crippen molar-refractivity contribution < 1.29 is 19.2 Å². The Morgan fingerprint density at radius 3 is 2.61 bits per heavy atom. The van der Waals surface area contributed by atoms with E-state index in [1.165, 1.54) is 6.20 Å². The summed E-state index contributed by atoms with van der Waals surface area (Å²) < 4.78 is 12.9. The molecule has 0 saturated carbocycles. The first-order chi connectivity index (χ1) is 15.0. The van der Waals surface area contributed by atoms with Crippen molar-refractivity contribution in [2.45, 2.75) is 33.0 Å². The lowest BCUT2D eigenvalue weighted by Gasteiger charge is -2.13. The highest BCUT2D eigenvalue weighted by Gasteiger charge is 2.15. The predicted octanol–water partition coefficient (Wildman–Crippen LogP) is 3.39. The molecular formula is C22H24N4O5. The summed E-state index contributed by atoms with van der Waals surface area (Å²) in [5, 5.41) is 13.6. The Morgan fingerprint density at radius 1 is 1.16 bits per heavy atom. The van der Waals surface area contributed by atoms with Crippen LogP contribution < -0.4 is 14.8 Å². The zero-order valence-electron chi connectivity index (χ0n) is 17.4. The molecule has 0 saturated heterocycles. The van der Waals surface area contributed by atoms with E-state index in [1.54, 1.807) is 18.6 Å². The van der Waals surface area contributed by atoms with Crippen molar-refractivity contribution >= 4 is 11.7 Å². The van der Waals surface area contributed by atoms with E-state index < -0.39 is 4.92 Å². The van der Waals surface area contributed by atoms with Gasteiger partial charge in [-0.05, 0) is 33.2 Å². The molecule has 162 valence electrons. The predicted molar refractivity (Wildman–Crippen MR) is 114 cm³/mol. The summed E-state index contributed by atoms with van der Waals surface area (Å²) in [5.74, 6) is 1.32. The van der Waals surface area contributed by atoms with Crippen molar-refractivity contribution in [3.8, 4) is 11.5 Å². The zero-order chi connectivity index (χ0) is 22.2. The average molecular weight is 424 g/mol. The van der Waals surface area contributed by atoms with E-state index in [1.807, 2.05) is 48.5 Å². The van der Waals surface area contributed by atoms with Crippen molar-refractivity contribution in [3.05, 3.63) is 81.8 Å². The molecule has 1 aromatic heterocycles. The van der Waals surface area contributed by atoms with Crippen molar-refractivity contribution in [1.29, 1.82) is 0 Å². The minimum absolute atomic E-state index is 0.167. The Labute approximate surface area is 179 Å². The van der Waals surface area contributed by atoms with Crippen LogP contribution in [0.5, 0.6) is 11.5 Å². The fraction of sp³-hybridized carbons (Fsp3) is 0.273. The summed E-state index contributed by atoms with van der Waals surface area (Å²) in [6.45, 7) is 2.74. The smallest absolute Gasteiger partial charge is 0.381 e. The molecule has 3 aromatic rings. The van der Waals surface area contributed by atoms with Crippen molar-refractivity contribution in [1.82, 2.24) is 14.9 Å². The monoisotopic (exact) mass is 424 g/mol. The minimum atomic E-state index is -0.551. The van der Waals surface area contributed by atoms with Gasteiger partial charge < -0.3 is 29.5 Å². The van der Waals surface area contributed by atoms with Crippen LogP contribution in [0.25, 0.3) is 0 Å². The topological polar surface area (TPSA) is 109 Å². The second kappa shape index (κ2) is 10.2. The van der Waals surface area contributed by atoms with E-state index in [0.717, 1.165) is 11.1 Å². The van der Waals surface area contributed by atoms with Gasteiger partial charge in [0.05, 0.1) is 7.11 Å². The van der Waals surface area contributed by atoms with E-state index in [4.69, 9.17) is 9.47 Å². The van der Waals surface area contributed by atoms with Gasteiger partial charge in [-0.2, -0.15) is 0 Å². The molecule has 0 bridgehead atoms. The van der Waals surface area contributed by atoms with Crippen LogP contribution in [0.15, 0.2) is 54.7 Å². The molecule has 3 rings (SSSR count). The lowest BCUT2D eigenvalue weighted by Crippen LogP contribution is -2.24. The second-order valence-corrected chi connectivity index (χ2v) is 6.88. The molecule has 2 aromatic carbocycles. The van der Waals surface area contributed by atoms with Gasteiger partial charge in [-0.3, -0.25) is 4.79 Å². The van der Waals surface area contributed by atoms with Gasteiger partial charge in [0.15, 0.2) is 11.5 Å². The maximum atomic E-state index is 12.2. The fourth-order valence-electron chi connectivity index (χ4n) is 2.99. The van der Waals surface area contributed by atoms with Gasteiger partial charge in [-0.25, -0.2) is 0 Å². The van der Waals surface area contributed by atoms with Gasteiger partial charge in [-0.15, -0.1) is 0 Å². The number of rotatable bonds is 10. The number of methoxy groups -OCH3 is 1. The van der Waals surface area contributed by atoms with E-state index >= 15 is 0 Å². The van der Waals surface area contributed by atoms with Crippen molar-refractivity contribution in [3.63, 3.8) is 0 Å². The molecule has 1 amide bonds. The lowest BCUT2D eigenvalue weighted by molar-refractivity contribution is -0.389. The molecular weight excluding hydrogens is 400 g/mol. The molecule has 0 fully saturated rings. The third-order valence-electron chi connectivity index (χ3n) is 4.69. The van der Waals surface area contributed by atoms with E-state index in [9.17, 15) is 14.9 Å². The highest BCUT2D eigenvalue weighted by atomic mass is 16.6. The van der Waals surface area contributed by atoms with Crippen LogP contribution in [-0.2, 0) is 24.5 Å². The number of amides is 1. The molecule has 0 spiro atoms. The molecule has 0 atom stereocenters. The Kier molecular flexibility index (Phi) is 7.21. The first kappa shape index (κ1) is 21.8. The number of aryl methyl sites for hydroxylation is 2. The summed E-state index contributed by atoms with van der Waals surface area (Å²) >= 11 is 0. The summed E-state index contributed by atoms with van der Waals surface area (Å²) in [4.78, 5) is 26.3. The highest BCUT2D eigenvalue weighted by molar-refractivity contribution is 5.75. The number of nitrogens with zero attached hydrogens (tertiary/aromatic N) is 3. The third kappa shape index (κ3) is 6.05. The van der Waals surface area contributed by atoms with Crippen LogP contribution >= 0.6 is 0 Å². The first-order valence-electron chi connectivity index (χ1n) is 9.74. The molecule has 31 heavy (non-hydrogen) atoms. The van der Waals surface area contributed by atoms with Gasteiger partial charge in [-0.1, -0.05) is 36.4 Å². The molecule has 1 heterocycles. The van der Waals surface area contributed by atoms with Gasteiger partial charge in [0.2, 0.25) is 11.7 Å². The van der Waals surface area contributed by atoms with Crippen LogP contribution in [0, 0.1) is 17.0 Å². The van der Waals surface area contributed by atoms with Crippen molar-refractivity contribution in [2.24, 2.45) is 0 Å². The van der Waals surface area contributed by atoms with E-state index in [0.29, 0.717) is 37.0 Å². The summed E-state index contributed by atoms with van der Waals surface area (Å²) in [6.07, 6.45) is 1.52. The fourth-order valence-corrected chi connectivity index (χ4v) is 2.99. The maximum Gasteiger partial charge on any atom is 0.381 e. The zero-order valence-corrected chi connectivity index (χ0v) is 17.4. The molecule has 0 unspecified atom stereocenters. The van der Waals surface area contributed by atoms with Crippen molar-refractivity contribution in [2.75, 3.05) is 7.11 Å². The van der Waals surface area contributed by atoms with E-state index in [-0.39, 0.29) is 18.1 Å². The average Bonchev–Trinajstić information content (AvgIpc) is 3.16. The summed E-state index contributed by atoms with van der Waals surface area (Å²) in [7, 11) is 1.57. The number of hydrogen-bond acceptors (Lipinski definition) is 6. The number of carbonyl (C=O) groups excluding carboxylic acids is 1. The largest absolute Gasteiger partial charge is 0.493 e. The van der Waals surface area contributed by atoms with Gasteiger partial charge >= 0.3 is 5.82 Å². The van der Waals surface area contributed by atoms with Gasteiger partial charge in [0, 0.05) is 26.4 Å². The number of aromatic nitrogens is 2. The third-order valence-corrected chi connectivity index (χ3v) is 4.69. The van der Waals surface area contributed by atoms with Gasteiger partial charge in [0.25, 0.3) is 0 Å². The highest BCUT2D eigenvalue weighted by Crippen LogP contribution is 2.28. The Bertz CT molecular complexity index is 1050. The van der Waals surface area contributed by atoms with Crippen LogP contribution in [0.1, 0.15) is 23.4 Å². The molecule has 1 N–H and O–H groups in total. The molecule has 0 aliphatic rings. The first-order valence-corrected chi connectivity index (χ1v) is 9.74. The number of ether oxygens (including phenoxy) is 2. The molecule has 9 heteroatoms. The number of nitro groups is 1. The lowest BCUT2D eigenvalue weighted by atomic mass is 10.2. The van der Waals surface area contributed by atoms with Gasteiger partial charge in [0.1, 0.15) is 12.8 Å². The number of carbonyl (C=O) groups is 1. The number of benzene rings is 2. The van der Waals surface area contributed by atoms with Crippen LogP contribution in [0.4, 0.5) is 5.82 Å². The maximum absolute atomic E-state index is 12.2. The Balaban J connectivity index is 1.51. The molecule has 0 aliphatic heterocycles. The summed E-state index contributed by atoms with van der Waals surface area (Å²) in [6, 6.07) is 15.3. The molecule has 9 nitrogen and oxygen atoms in total. The number of imidazole rings is 1. The van der Waals surface area contributed by atoms with E-state index in [2.05, 4.69) is 10.3 Å². The SMILES string of the molecule is COc1cc(CNC(=O)CCn2cc([N+](=O)[O-])nc2C)ccc1OCc1ccccc1. The number of hydrogen-bond donors (Lipinski definition) is 1. The Hall–Kier alpha value is -3.88.